The molecule has 0 bridgehead atoms. The van der Waals surface area contributed by atoms with Gasteiger partial charge in [0.2, 0.25) is 0 Å². The van der Waals surface area contributed by atoms with E-state index in [1.165, 1.54) is 19.7 Å². The molecule has 0 fully saturated rings. The van der Waals surface area contributed by atoms with Crippen molar-refractivity contribution in [2.75, 3.05) is 0 Å². The molecule has 6 heteroatoms. The average molecular weight is 146 g/mol. The normalized spacial score (nSPS) is 5.00. The van der Waals surface area contributed by atoms with Crippen LogP contribution in [-0.4, -0.2) is 37.7 Å². The molecule has 0 aromatic rings. The Hall–Kier alpha value is 2.59. The van der Waals surface area contributed by atoms with E-state index < -0.39 is 0 Å². The van der Waals surface area contributed by atoms with Crippen LogP contribution in [0.3, 0.4) is 0 Å². The molecule has 6 heavy (non-hydrogen) atoms. The zero-order chi connectivity index (χ0) is 3.41. The molecule has 0 radical (unpaired) electrons. The van der Waals surface area contributed by atoms with Crippen LogP contribution in [0.25, 0.3) is 0 Å². The minimum atomic E-state index is 0. The summed E-state index contributed by atoms with van der Waals surface area (Å²) in [6.45, 7) is 0. The van der Waals surface area contributed by atoms with E-state index in [2.05, 4.69) is 23.3 Å². The summed E-state index contributed by atoms with van der Waals surface area (Å²) in [5.74, 6) is 0. The molecule has 0 nitrogen and oxygen atoms in total. The summed E-state index contributed by atoms with van der Waals surface area (Å²) in [6, 6.07) is 0. The van der Waals surface area contributed by atoms with Gasteiger partial charge in [0.15, 0.2) is 0 Å². The van der Waals surface area contributed by atoms with Gasteiger partial charge in [-0.1, -0.05) is 23.3 Å². The molecule has 0 rings (SSSR count). The first-order valence-corrected chi connectivity index (χ1v) is 4.79. The first-order chi connectivity index (χ1) is 1.91. The van der Waals surface area contributed by atoms with Gasteiger partial charge in [-0.2, -0.15) is 0 Å². The summed E-state index contributed by atoms with van der Waals surface area (Å²) in [4.78, 5) is 0. The van der Waals surface area contributed by atoms with Gasteiger partial charge in [-0.05, 0) is 19.7 Å². The first-order valence-electron chi connectivity index (χ1n) is 0.532. The van der Waals surface area contributed by atoms with E-state index in [0.29, 0.717) is 0 Å². The van der Waals surface area contributed by atoms with E-state index in [-0.39, 0.29) is 37.7 Å². The summed E-state index contributed by atoms with van der Waals surface area (Å²) in [6.07, 6.45) is 0. The predicted molar refractivity (Wildman–Crippen MR) is 47.5 cm³/mol. The van der Waals surface area contributed by atoms with E-state index in [1.54, 1.807) is 0 Å². The molecule has 0 unspecified atom stereocenters. The quantitative estimate of drug-likeness (QED) is 0.318. The summed E-state index contributed by atoms with van der Waals surface area (Å²) in [7, 11) is 2.66. The van der Waals surface area contributed by atoms with Crippen LogP contribution < -0.4 is 0 Å². The van der Waals surface area contributed by atoms with Crippen molar-refractivity contribution in [3.63, 3.8) is 0 Å². The van der Waals surface area contributed by atoms with Crippen molar-refractivity contribution in [1.29, 1.82) is 0 Å². The molecule has 0 aliphatic carbocycles. The van der Waals surface area contributed by atoms with Gasteiger partial charge in [0, 0.05) is 0 Å². The summed E-state index contributed by atoms with van der Waals surface area (Å²) >= 11 is 7.45. The van der Waals surface area contributed by atoms with Gasteiger partial charge >= 0.3 is 37.7 Å². The third-order valence-electron chi connectivity index (χ3n) is 0.0333. The molecule has 0 saturated heterocycles. The zero-order valence-electron chi connectivity index (χ0n) is 1.71. The van der Waals surface area contributed by atoms with Gasteiger partial charge in [0.05, 0.1) is 0 Å². The summed E-state index contributed by atoms with van der Waals surface area (Å²) < 4.78 is 0. The van der Waals surface area contributed by atoms with E-state index in [4.69, 9.17) is 0 Å². The predicted octanol–water partition coefficient (Wildman–Crippen LogP) is 0.760. The van der Waals surface area contributed by atoms with Crippen LogP contribution in [0.1, 0.15) is 0 Å². The third-order valence-corrected chi connectivity index (χ3v) is 2.70. The molecule has 0 saturated carbocycles. The SMILES string of the molecule is SSSS.[LiH].[LiH]. The second-order valence-electron chi connectivity index (χ2n) is 0.149. The van der Waals surface area contributed by atoms with Crippen LogP contribution in [0.4, 0.5) is 0 Å². The van der Waals surface area contributed by atoms with Crippen molar-refractivity contribution < 1.29 is 0 Å². The van der Waals surface area contributed by atoms with Crippen LogP contribution in [0, 0.1) is 0 Å². The van der Waals surface area contributed by atoms with Gasteiger partial charge < -0.3 is 0 Å². The van der Waals surface area contributed by atoms with Gasteiger partial charge in [-0.3, -0.25) is 0 Å². The molecular formula is H4Li2S4. The van der Waals surface area contributed by atoms with Gasteiger partial charge in [0.1, 0.15) is 0 Å². The van der Waals surface area contributed by atoms with E-state index >= 15 is 0 Å². The van der Waals surface area contributed by atoms with Crippen molar-refractivity contribution in [2.24, 2.45) is 0 Å². The fourth-order valence-corrected chi connectivity index (χ4v) is 0. The van der Waals surface area contributed by atoms with Crippen molar-refractivity contribution in [2.45, 2.75) is 0 Å². The summed E-state index contributed by atoms with van der Waals surface area (Å²) in [5.41, 5.74) is 0. The van der Waals surface area contributed by atoms with Crippen molar-refractivity contribution >= 4 is 80.7 Å². The van der Waals surface area contributed by atoms with Crippen LogP contribution in [0.15, 0.2) is 0 Å². The maximum atomic E-state index is 3.72. The Bertz CT molecular complexity index is 7.51. The fourth-order valence-electron chi connectivity index (χ4n) is 0. The zero-order valence-corrected chi connectivity index (χ0v) is 5.13. The molecule has 0 heterocycles. The molecule has 0 aromatic heterocycles. The maximum absolute atomic E-state index is 3.72. The number of hydrogen-bond donors (Lipinski definition) is 2. The Kier molecular flexibility index (Phi) is 41.3. The van der Waals surface area contributed by atoms with Gasteiger partial charge in [-0.15, -0.1) is 0 Å². The van der Waals surface area contributed by atoms with Crippen molar-refractivity contribution in [3.8, 4) is 0 Å². The van der Waals surface area contributed by atoms with Gasteiger partial charge in [-0.25, -0.2) is 0 Å². The topological polar surface area (TPSA) is 0 Å². The second-order valence-corrected chi connectivity index (χ2v) is 4.02. The van der Waals surface area contributed by atoms with E-state index in [0.717, 1.165) is 0 Å². The monoisotopic (exact) mass is 146 g/mol. The molecule has 0 N–H and O–H groups in total. The van der Waals surface area contributed by atoms with E-state index in [9.17, 15) is 0 Å². The van der Waals surface area contributed by atoms with Crippen LogP contribution in [-0.2, 0) is 0 Å². The molecule has 0 aliphatic rings. The molecule has 30 valence electrons. The Morgan fingerprint density at radius 3 is 1.00 bits per heavy atom. The standard InChI is InChI=1S/2Li.H2S4.2H/c;;1-3-4-2;;/h;;1-2H;;. The third kappa shape index (κ3) is 16.0. The van der Waals surface area contributed by atoms with Crippen LogP contribution in [0.2, 0.25) is 0 Å². The second kappa shape index (κ2) is 15.6. The molecule has 0 aromatic carbocycles. The average Bonchev–Trinajstić information content (AvgIpc) is 1.37. The Labute approximate surface area is 79.7 Å². The number of thiol groups is 2. The molecule has 0 amide bonds. The van der Waals surface area contributed by atoms with E-state index in [1.807, 2.05) is 0 Å². The Morgan fingerprint density at radius 1 is 0.833 bits per heavy atom. The van der Waals surface area contributed by atoms with Crippen LogP contribution >= 0.6 is 43.0 Å². The Morgan fingerprint density at radius 2 is 1.00 bits per heavy atom. The van der Waals surface area contributed by atoms with Crippen molar-refractivity contribution in [1.82, 2.24) is 0 Å². The molecular weight excluding hydrogens is 142 g/mol. The molecule has 0 atom stereocenters. The Balaban J connectivity index is -0.0000000450. The van der Waals surface area contributed by atoms with Crippen LogP contribution in [0.5, 0.6) is 0 Å². The number of hydrogen-bond acceptors (Lipinski definition) is 4. The van der Waals surface area contributed by atoms with Crippen molar-refractivity contribution in [3.05, 3.63) is 0 Å². The molecule has 0 aliphatic heterocycles. The molecule has 0 spiro atoms. The summed E-state index contributed by atoms with van der Waals surface area (Å²) in [5, 5.41) is 0. The fraction of sp³-hybridized carbons (Fsp3) is 0. The van der Waals surface area contributed by atoms with Gasteiger partial charge in [0.25, 0.3) is 0 Å². The first kappa shape index (κ1) is 15.8. The minimum absolute atomic E-state index is 0. The number of rotatable bonds is 1.